The molecule has 0 bridgehead atoms. The number of aryl methyl sites for hydroxylation is 1. The zero-order valence-electron chi connectivity index (χ0n) is 10.3. The van der Waals surface area contributed by atoms with Gasteiger partial charge in [0.15, 0.2) is 0 Å². The molecule has 0 aliphatic rings. The Morgan fingerprint density at radius 1 is 1.17 bits per heavy atom. The molecule has 0 unspecified atom stereocenters. The molecule has 0 fully saturated rings. The Hall–Kier alpha value is -1.17. The predicted octanol–water partition coefficient (Wildman–Crippen LogP) is 2.88. The molecular weight excluding hydrogens is 266 g/mol. The summed E-state index contributed by atoms with van der Waals surface area (Å²) in [6, 6.07) is 8.85. The average Bonchev–Trinajstić information content (AvgIpc) is 2.82. The normalized spacial score (nSPS) is 11.9. The Morgan fingerprint density at radius 3 is 2.39 bits per heavy atom. The van der Waals surface area contributed by atoms with E-state index < -0.39 is 10.0 Å². The van der Waals surface area contributed by atoms with Crippen LogP contribution >= 0.6 is 11.3 Å². The standard InChI is InChI=1S/C13H15NO2S2/c1-11-3-5-13(6-4-11)18(15,16)14(2)9-12-7-8-17-10-12/h3-8,10H,9H2,1-2H3. The Kier molecular flexibility index (Phi) is 3.85. The fourth-order valence-electron chi connectivity index (χ4n) is 1.61. The van der Waals surface area contributed by atoms with Crippen molar-refractivity contribution in [2.24, 2.45) is 0 Å². The number of hydrogen-bond acceptors (Lipinski definition) is 3. The first-order valence-corrected chi connectivity index (χ1v) is 7.92. The van der Waals surface area contributed by atoms with E-state index in [-0.39, 0.29) is 0 Å². The summed E-state index contributed by atoms with van der Waals surface area (Å²) in [4.78, 5) is 0.339. The monoisotopic (exact) mass is 281 g/mol. The van der Waals surface area contributed by atoms with Gasteiger partial charge in [-0.1, -0.05) is 17.7 Å². The summed E-state index contributed by atoms with van der Waals surface area (Å²) in [5.74, 6) is 0. The fraction of sp³-hybridized carbons (Fsp3) is 0.231. The quantitative estimate of drug-likeness (QED) is 0.864. The van der Waals surface area contributed by atoms with Crippen molar-refractivity contribution in [3.63, 3.8) is 0 Å². The third-order valence-corrected chi connectivity index (χ3v) is 5.26. The van der Waals surface area contributed by atoms with Gasteiger partial charge in [0.05, 0.1) is 4.90 Å². The van der Waals surface area contributed by atoms with E-state index >= 15 is 0 Å². The molecule has 0 radical (unpaired) electrons. The zero-order valence-corrected chi connectivity index (χ0v) is 12.0. The van der Waals surface area contributed by atoms with Gasteiger partial charge in [-0.05, 0) is 41.4 Å². The minimum absolute atomic E-state index is 0.339. The van der Waals surface area contributed by atoms with Gasteiger partial charge in [0.2, 0.25) is 10.0 Å². The minimum atomic E-state index is -3.39. The van der Waals surface area contributed by atoms with Crippen LogP contribution in [-0.4, -0.2) is 19.8 Å². The maximum absolute atomic E-state index is 12.3. The Balaban J connectivity index is 2.22. The van der Waals surface area contributed by atoms with Gasteiger partial charge in [-0.15, -0.1) is 0 Å². The number of thiophene rings is 1. The smallest absolute Gasteiger partial charge is 0.207 e. The molecule has 3 nitrogen and oxygen atoms in total. The molecule has 2 aromatic rings. The van der Waals surface area contributed by atoms with Crippen molar-refractivity contribution in [3.05, 3.63) is 52.2 Å². The van der Waals surface area contributed by atoms with Gasteiger partial charge in [-0.3, -0.25) is 0 Å². The summed E-state index contributed by atoms with van der Waals surface area (Å²) in [6.07, 6.45) is 0. The zero-order chi connectivity index (χ0) is 13.2. The number of nitrogens with zero attached hydrogens (tertiary/aromatic N) is 1. The van der Waals surface area contributed by atoms with Gasteiger partial charge in [0.25, 0.3) is 0 Å². The van der Waals surface area contributed by atoms with Crippen molar-refractivity contribution < 1.29 is 8.42 Å². The van der Waals surface area contributed by atoms with E-state index in [1.165, 1.54) is 4.31 Å². The lowest BCUT2D eigenvalue weighted by Gasteiger charge is -2.16. The summed E-state index contributed by atoms with van der Waals surface area (Å²) >= 11 is 1.57. The van der Waals surface area contributed by atoms with Crippen molar-refractivity contribution in [2.75, 3.05) is 7.05 Å². The lowest BCUT2D eigenvalue weighted by atomic mass is 10.2. The second-order valence-corrected chi connectivity index (χ2v) is 7.03. The molecule has 1 aromatic heterocycles. The van der Waals surface area contributed by atoms with Gasteiger partial charge >= 0.3 is 0 Å². The van der Waals surface area contributed by atoms with Gasteiger partial charge in [0, 0.05) is 13.6 Å². The second kappa shape index (κ2) is 5.22. The van der Waals surface area contributed by atoms with E-state index in [4.69, 9.17) is 0 Å². The van der Waals surface area contributed by atoms with Crippen LogP contribution in [0.2, 0.25) is 0 Å². The lowest BCUT2D eigenvalue weighted by molar-refractivity contribution is 0.467. The molecule has 18 heavy (non-hydrogen) atoms. The molecule has 0 atom stereocenters. The van der Waals surface area contributed by atoms with Crippen LogP contribution in [-0.2, 0) is 16.6 Å². The van der Waals surface area contributed by atoms with E-state index in [0.717, 1.165) is 11.1 Å². The number of hydrogen-bond donors (Lipinski definition) is 0. The molecule has 5 heteroatoms. The van der Waals surface area contributed by atoms with Gasteiger partial charge in [0.1, 0.15) is 0 Å². The van der Waals surface area contributed by atoms with Gasteiger partial charge in [-0.2, -0.15) is 15.6 Å². The molecular formula is C13H15NO2S2. The molecule has 0 amide bonds. The number of benzene rings is 1. The van der Waals surface area contributed by atoms with Crippen LogP contribution in [0.3, 0.4) is 0 Å². The Bertz CT molecular complexity index is 601. The highest BCUT2D eigenvalue weighted by Gasteiger charge is 2.20. The third-order valence-electron chi connectivity index (χ3n) is 2.71. The molecule has 1 heterocycles. The molecule has 0 saturated heterocycles. The highest BCUT2D eigenvalue weighted by atomic mass is 32.2. The molecule has 2 rings (SSSR count). The first kappa shape index (κ1) is 13.3. The van der Waals surface area contributed by atoms with Crippen LogP contribution in [0.4, 0.5) is 0 Å². The summed E-state index contributed by atoms with van der Waals surface area (Å²) < 4.78 is 26.0. The van der Waals surface area contributed by atoms with Crippen molar-refractivity contribution >= 4 is 21.4 Å². The SMILES string of the molecule is Cc1ccc(S(=O)(=O)N(C)Cc2ccsc2)cc1. The number of rotatable bonds is 4. The summed E-state index contributed by atoms with van der Waals surface area (Å²) in [6.45, 7) is 2.34. The Labute approximate surface area is 112 Å². The molecule has 0 N–H and O–H groups in total. The van der Waals surface area contributed by atoms with Crippen LogP contribution in [0.1, 0.15) is 11.1 Å². The van der Waals surface area contributed by atoms with Crippen LogP contribution in [0.5, 0.6) is 0 Å². The first-order valence-electron chi connectivity index (χ1n) is 5.54. The highest BCUT2D eigenvalue weighted by Crippen LogP contribution is 2.18. The van der Waals surface area contributed by atoms with E-state index in [2.05, 4.69) is 0 Å². The van der Waals surface area contributed by atoms with E-state index in [9.17, 15) is 8.42 Å². The largest absolute Gasteiger partial charge is 0.243 e. The first-order chi connectivity index (χ1) is 8.50. The molecule has 96 valence electrons. The van der Waals surface area contributed by atoms with Crippen LogP contribution in [0.25, 0.3) is 0 Å². The molecule has 0 saturated carbocycles. The predicted molar refractivity (Wildman–Crippen MR) is 74.2 cm³/mol. The molecule has 0 spiro atoms. The van der Waals surface area contributed by atoms with Crippen molar-refractivity contribution in [1.29, 1.82) is 0 Å². The van der Waals surface area contributed by atoms with Crippen LogP contribution in [0, 0.1) is 6.92 Å². The van der Waals surface area contributed by atoms with Gasteiger partial charge in [-0.25, -0.2) is 8.42 Å². The fourth-order valence-corrected chi connectivity index (χ4v) is 3.43. The maximum atomic E-state index is 12.3. The van der Waals surface area contributed by atoms with Crippen molar-refractivity contribution in [1.82, 2.24) is 4.31 Å². The van der Waals surface area contributed by atoms with Crippen molar-refractivity contribution in [3.8, 4) is 0 Å². The lowest BCUT2D eigenvalue weighted by Crippen LogP contribution is -2.26. The third kappa shape index (κ3) is 2.80. The summed E-state index contributed by atoms with van der Waals surface area (Å²) in [5.41, 5.74) is 2.06. The average molecular weight is 281 g/mol. The summed E-state index contributed by atoms with van der Waals surface area (Å²) in [5, 5.41) is 3.91. The van der Waals surface area contributed by atoms with Crippen molar-refractivity contribution in [2.45, 2.75) is 18.4 Å². The van der Waals surface area contributed by atoms with E-state index in [1.54, 1.807) is 30.5 Å². The molecule has 1 aromatic carbocycles. The van der Waals surface area contributed by atoms with Gasteiger partial charge < -0.3 is 0 Å². The van der Waals surface area contributed by atoms with Crippen LogP contribution < -0.4 is 0 Å². The molecule has 0 aliphatic heterocycles. The second-order valence-electron chi connectivity index (χ2n) is 4.21. The molecule has 0 aliphatic carbocycles. The van der Waals surface area contributed by atoms with E-state index in [1.807, 2.05) is 35.9 Å². The highest BCUT2D eigenvalue weighted by molar-refractivity contribution is 7.89. The topological polar surface area (TPSA) is 37.4 Å². The van der Waals surface area contributed by atoms with E-state index in [0.29, 0.717) is 11.4 Å². The van der Waals surface area contributed by atoms with Crippen LogP contribution in [0.15, 0.2) is 46.0 Å². The number of sulfonamides is 1. The maximum Gasteiger partial charge on any atom is 0.243 e. The minimum Gasteiger partial charge on any atom is -0.207 e. The summed E-state index contributed by atoms with van der Waals surface area (Å²) in [7, 11) is -1.79. The Morgan fingerprint density at radius 2 is 1.83 bits per heavy atom.